The van der Waals surface area contributed by atoms with Crippen LogP contribution in [-0.2, 0) is 32.6 Å². The van der Waals surface area contributed by atoms with Crippen molar-refractivity contribution in [2.24, 2.45) is 0 Å². The molecular formula is C38H43N3O4S. The Kier molecular flexibility index (Phi) is 10.6. The van der Waals surface area contributed by atoms with Gasteiger partial charge in [0.2, 0.25) is 11.8 Å². The van der Waals surface area contributed by atoms with Crippen LogP contribution in [0.15, 0.2) is 108 Å². The van der Waals surface area contributed by atoms with Gasteiger partial charge in [-0.1, -0.05) is 97.8 Å². The summed E-state index contributed by atoms with van der Waals surface area (Å²) < 4.78 is 29.7. The number of hydrogen-bond donors (Lipinski definition) is 1. The molecule has 0 aromatic heterocycles. The number of rotatable bonds is 12. The Bertz CT molecular complexity index is 1750. The molecule has 0 bridgehead atoms. The maximum Gasteiger partial charge on any atom is 0.264 e. The molecule has 8 heteroatoms. The lowest BCUT2D eigenvalue weighted by Gasteiger charge is -2.35. The van der Waals surface area contributed by atoms with Crippen LogP contribution in [0.25, 0.3) is 0 Å². The van der Waals surface area contributed by atoms with E-state index in [1.54, 1.807) is 29.2 Å². The smallest absolute Gasteiger partial charge is 0.264 e. The van der Waals surface area contributed by atoms with Crippen LogP contribution in [0.4, 0.5) is 5.69 Å². The molecule has 1 N–H and O–H groups in total. The number of nitrogens with one attached hydrogen (secondary N) is 1. The molecule has 5 rings (SSSR count). The molecule has 1 saturated carbocycles. The number of nitrogens with zero attached hydrogens (tertiary/aromatic N) is 2. The normalized spacial score (nSPS) is 14.1. The summed E-state index contributed by atoms with van der Waals surface area (Å²) in [6.45, 7) is 5.41. The summed E-state index contributed by atoms with van der Waals surface area (Å²) in [5.41, 5.74) is 4.83. The summed E-state index contributed by atoms with van der Waals surface area (Å²) in [4.78, 5) is 30.6. The minimum Gasteiger partial charge on any atom is -0.352 e. The van der Waals surface area contributed by atoms with Gasteiger partial charge in [-0.3, -0.25) is 13.9 Å². The molecule has 4 aromatic rings. The van der Waals surface area contributed by atoms with E-state index in [9.17, 15) is 18.0 Å². The van der Waals surface area contributed by atoms with Crippen molar-refractivity contribution in [3.8, 4) is 0 Å². The van der Waals surface area contributed by atoms with Crippen LogP contribution < -0.4 is 9.62 Å². The SMILES string of the molecule is Cc1ccc(C)c(N(CC(=O)N(Cc2ccccc2C)[C@H](Cc2ccccc2)C(=O)NC2CCCC2)S(=O)(=O)c2ccccc2)c1. The molecule has 2 amide bonds. The summed E-state index contributed by atoms with van der Waals surface area (Å²) in [5, 5.41) is 3.23. The Morgan fingerprint density at radius 2 is 1.43 bits per heavy atom. The van der Waals surface area contributed by atoms with Crippen molar-refractivity contribution in [3.63, 3.8) is 0 Å². The molecule has 1 aliphatic rings. The Morgan fingerprint density at radius 3 is 2.11 bits per heavy atom. The summed E-state index contributed by atoms with van der Waals surface area (Å²) in [6, 6.07) is 30.4. The Labute approximate surface area is 273 Å². The molecule has 1 aliphatic carbocycles. The number of aryl methyl sites for hydroxylation is 3. The van der Waals surface area contributed by atoms with E-state index in [2.05, 4.69) is 5.32 Å². The van der Waals surface area contributed by atoms with Crippen LogP contribution >= 0.6 is 0 Å². The molecule has 4 aromatic carbocycles. The molecule has 7 nitrogen and oxygen atoms in total. The number of carbonyl (C=O) groups excluding carboxylic acids is 2. The lowest BCUT2D eigenvalue weighted by atomic mass is 10.0. The van der Waals surface area contributed by atoms with Crippen molar-refractivity contribution in [1.29, 1.82) is 0 Å². The molecule has 240 valence electrons. The molecule has 0 aliphatic heterocycles. The van der Waals surface area contributed by atoms with Crippen LogP contribution in [0.1, 0.15) is 53.5 Å². The second kappa shape index (κ2) is 14.8. The molecule has 0 saturated heterocycles. The first-order valence-electron chi connectivity index (χ1n) is 16.0. The summed E-state index contributed by atoms with van der Waals surface area (Å²) >= 11 is 0. The van der Waals surface area contributed by atoms with Crippen LogP contribution in [0.5, 0.6) is 0 Å². The molecule has 0 radical (unpaired) electrons. The fraction of sp³-hybridized carbons (Fsp3) is 0.316. The number of carbonyl (C=O) groups is 2. The van der Waals surface area contributed by atoms with E-state index in [1.807, 2.05) is 87.5 Å². The summed E-state index contributed by atoms with van der Waals surface area (Å²) in [6.07, 6.45) is 4.23. The van der Waals surface area contributed by atoms with Gasteiger partial charge in [-0.05, 0) is 79.6 Å². The maximum atomic E-state index is 14.7. The van der Waals surface area contributed by atoms with E-state index < -0.39 is 28.5 Å². The highest BCUT2D eigenvalue weighted by Gasteiger charge is 2.36. The van der Waals surface area contributed by atoms with E-state index in [0.29, 0.717) is 12.1 Å². The number of benzene rings is 4. The van der Waals surface area contributed by atoms with Gasteiger partial charge >= 0.3 is 0 Å². The van der Waals surface area contributed by atoms with Gasteiger partial charge in [-0.2, -0.15) is 0 Å². The highest BCUT2D eigenvalue weighted by Crippen LogP contribution is 2.29. The lowest BCUT2D eigenvalue weighted by Crippen LogP contribution is -2.54. The molecule has 0 unspecified atom stereocenters. The third-order valence-corrected chi connectivity index (χ3v) is 10.6. The largest absolute Gasteiger partial charge is 0.352 e. The van der Waals surface area contributed by atoms with Crippen LogP contribution in [-0.4, -0.2) is 43.8 Å². The Balaban J connectivity index is 1.59. The van der Waals surface area contributed by atoms with Gasteiger partial charge in [0.05, 0.1) is 10.6 Å². The summed E-state index contributed by atoms with van der Waals surface area (Å²) in [5.74, 6) is -0.673. The number of sulfonamides is 1. The highest BCUT2D eigenvalue weighted by atomic mass is 32.2. The van der Waals surface area contributed by atoms with E-state index in [-0.39, 0.29) is 23.4 Å². The van der Waals surface area contributed by atoms with Crippen molar-refractivity contribution in [2.45, 2.75) is 76.4 Å². The average molecular weight is 638 g/mol. The number of hydrogen-bond acceptors (Lipinski definition) is 4. The molecule has 1 fully saturated rings. The standard InChI is InChI=1S/C38H43N3O4S/c1-28-22-23-30(3)35(24-28)41(46(44,45)34-20-8-5-9-21-34)27-37(42)40(26-32-17-11-10-14-29(32)2)36(25-31-15-6-4-7-16-31)38(43)39-33-18-12-13-19-33/h4-11,14-17,20-24,33,36H,12-13,18-19,25-27H2,1-3H3,(H,39,43)/t36-/m1/s1. The predicted molar refractivity (Wildman–Crippen MR) is 183 cm³/mol. The summed E-state index contributed by atoms with van der Waals surface area (Å²) in [7, 11) is -4.14. The first-order valence-corrected chi connectivity index (χ1v) is 17.4. The predicted octanol–water partition coefficient (Wildman–Crippen LogP) is 6.51. The van der Waals surface area contributed by atoms with E-state index in [1.165, 1.54) is 16.4 Å². The van der Waals surface area contributed by atoms with Gasteiger partial charge in [-0.25, -0.2) is 8.42 Å². The first-order chi connectivity index (χ1) is 22.1. The minimum atomic E-state index is -4.14. The lowest BCUT2D eigenvalue weighted by molar-refractivity contribution is -0.140. The zero-order chi connectivity index (χ0) is 32.7. The average Bonchev–Trinajstić information content (AvgIpc) is 3.57. The molecular weight excluding hydrogens is 595 g/mol. The van der Waals surface area contributed by atoms with Gasteiger partial charge in [0.15, 0.2) is 0 Å². The highest BCUT2D eigenvalue weighted by molar-refractivity contribution is 7.92. The van der Waals surface area contributed by atoms with Crippen molar-refractivity contribution >= 4 is 27.5 Å². The fourth-order valence-electron chi connectivity index (χ4n) is 6.11. The monoisotopic (exact) mass is 637 g/mol. The van der Waals surface area contributed by atoms with Crippen LogP contribution in [0.3, 0.4) is 0 Å². The van der Waals surface area contributed by atoms with Crippen LogP contribution in [0.2, 0.25) is 0 Å². The second-order valence-electron chi connectivity index (χ2n) is 12.3. The fourth-order valence-corrected chi connectivity index (χ4v) is 7.61. The number of amides is 2. The van der Waals surface area contributed by atoms with Gasteiger partial charge in [-0.15, -0.1) is 0 Å². The third-order valence-electron chi connectivity index (χ3n) is 8.82. The maximum absolute atomic E-state index is 14.7. The van der Waals surface area contributed by atoms with Crippen molar-refractivity contribution in [2.75, 3.05) is 10.8 Å². The van der Waals surface area contributed by atoms with Gasteiger partial charge in [0.25, 0.3) is 10.0 Å². The van der Waals surface area contributed by atoms with Gasteiger partial charge in [0.1, 0.15) is 12.6 Å². The van der Waals surface area contributed by atoms with E-state index in [0.717, 1.165) is 53.5 Å². The first kappa shape index (κ1) is 32.9. The third kappa shape index (κ3) is 7.85. The second-order valence-corrected chi connectivity index (χ2v) is 14.1. The van der Waals surface area contributed by atoms with Crippen molar-refractivity contribution < 1.29 is 18.0 Å². The molecule has 1 atom stereocenters. The van der Waals surface area contributed by atoms with Crippen molar-refractivity contribution in [3.05, 3.63) is 131 Å². The van der Waals surface area contributed by atoms with E-state index >= 15 is 0 Å². The van der Waals surface area contributed by atoms with Gasteiger partial charge in [0, 0.05) is 19.0 Å². The van der Waals surface area contributed by atoms with Gasteiger partial charge < -0.3 is 10.2 Å². The number of anilines is 1. The molecule has 0 spiro atoms. The molecule has 0 heterocycles. The van der Waals surface area contributed by atoms with Crippen molar-refractivity contribution in [1.82, 2.24) is 10.2 Å². The topological polar surface area (TPSA) is 86.8 Å². The zero-order valence-corrected chi connectivity index (χ0v) is 27.7. The molecule has 46 heavy (non-hydrogen) atoms. The zero-order valence-electron chi connectivity index (χ0n) is 26.9. The van der Waals surface area contributed by atoms with E-state index in [4.69, 9.17) is 0 Å². The van der Waals surface area contributed by atoms with Crippen LogP contribution in [0, 0.1) is 20.8 Å². The quantitative estimate of drug-likeness (QED) is 0.192. The minimum absolute atomic E-state index is 0.0612. The Hall–Kier alpha value is -4.43. The Morgan fingerprint density at radius 1 is 0.804 bits per heavy atom.